The van der Waals surface area contributed by atoms with Crippen LogP contribution in [-0.2, 0) is 13.6 Å². The Balaban J connectivity index is 1.84. The lowest BCUT2D eigenvalue weighted by atomic mass is 9.78. The Morgan fingerprint density at radius 2 is 2.10 bits per heavy atom. The highest BCUT2D eigenvalue weighted by molar-refractivity contribution is 9.10. The van der Waals surface area contributed by atoms with Gasteiger partial charge in [0.05, 0.1) is 21.5 Å². The van der Waals surface area contributed by atoms with Crippen molar-refractivity contribution in [3.63, 3.8) is 0 Å². The van der Waals surface area contributed by atoms with Crippen LogP contribution in [0.4, 0.5) is 0 Å². The fraction of sp³-hybridized carbons (Fsp3) is 0.800. The molecule has 0 radical (unpaired) electrons. The van der Waals surface area contributed by atoms with E-state index in [0.29, 0.717) is 6.54 Å². The number of hydrogen-bond acceptors (Lipinski definition) is 3. The zero-order valence-electron chi connectivity index (χ0n) is 12.7. The molecule has 1 aliphatic rings. The molecule has 0 spiro atoms. The molecule has 5 heteroatoms. The average molecular weight is 344 g/mol. The zero-order chi connectivity index (χ0) is 14.8. The van der Waals surface area contributed by atoms with E-state index in [1.807, 2.05) is 18.7 Å². The number of hydrogen-bond donors (Lipinski definition) is 2. The molecule has 1 aromatic heterocycles. The Hall–Kier alpha value is -0.390. The standard InChI is InChI=1S/C15H26BrN3O/c1-4-12-5-7-15(20,8-6-12)10-17-9-13-14(16)11(2)18-19(13)3/h12,17,20H,4-10H2,1-3H3. The van der Waals surface area contributed by atoms with Crippen LogP contribution in [0.2, 0.25) is 0 Å². The molecule has 1 heterocycles. The molecule has 114 valence electrons. The molecule has 2 rings (SSSR count). The third-order valence-electron chi connectivity index (χ3n) is 4.62. The molecule has 0 bridgehead atoms. The summed E-state index contributed by atoms with van der Waals surface area (Å²) in [6, 6.07) is 0. The van der Waals surface area contributed by atoms with Crippen LogP contribution in [0.3, 0.4) is 0 Å². The SMILES string of the molecule is CCC1CCC(O)(CNCc2c(Br)c(C)nn2C)CC1. The van der Waals surface area contributed by atoms with Gasteiger partial charge in [-0.3, -0.25) is 4.68 Å². The van der Waals surface area contributed by atoms with Crippen molar-refractivity contribution in [1.29, 1.82) is 0 Å². The van der Waals surface area contributed by atoms with Crippen LogP contribution in [0.1, 0.15) is 50.4 Å². The molecule has 2 N–H and O–H groups in total. The van der Waals surface area contributed by atoms with Gasteiger partial charge < -0.3 is 10.4 Å². The number of nitrogens with zero attached hydrogens (tertiary/aromatic N) is 2. The molecule has 0 amide bonds. The van der Waals surface area contributed by atoms with Crippen molar-refractivity contribution in [2.45, 2.75) is 58.1 Å². The van der Waals surface area contributed by atoms with Gasteiger partial charge >= 0.3 is 0 Å². The van der Waals surface area contributed by atoms with Crippen molar-refractivity contribution < 1.29 is 5.11 Å². The van der Waals surface area contributed by atoms with Gasteiger partial charge in [-0.1, -0.05) is 13.3 Å². The highest BCUT2D eigenvalue weighted by Gasteiger charge is 2.32. The highest BCUT2D eigenvalue weighted by atomic mass is 79.9. The third-order valence-corrected chi connectivity index (χ3v) is 5.65. The quantitative estimate of drug-likeness (QED) is 0.864. The van der Waals surface area contributed by atoms with Gasteiger partial charge in [0.15, 0.2) is 0 Å². The van der Waals surface area contributed by atoms with Gasteiger partial charge in [-0.05, 0) is 54.5 Å². The maximum Gasteiger partial charge on any atom is 0.0771 e. The molecule has 0 aliphatic heterocycles. The van der Waals surface area contributed by atoms with Gasteiger partial charge in [0, 0.05) is 20.1 Å². The predicted octanol–water partition coefficient (Wildman–Crippen LogP) is 2.91. The van der Waals surface area contributed by atoms with Crippen LogP contribution in [0.25, 0.3) is 0 Å². The van der Waals surface area contributed by atoms with E-state index >= 15 is 0 Å². The largest absolute Gasteiger partial charge is 0.389 e. The minimum Gasteiger partial charge on any atom is -0.389 e. The second-order valence-electron chi connectivity index (χ2n) is 6.15. The zero-order valence-corrected chi connectivity index (χ0v) is 14.3. The Morgan fingerprint density at radius 1 is 1.45 bits per heavy atom. The summed E-state index contributed by atoms with van der Waals surface area (Å²) in [5.41, 5.74) is 1.62. The molecule has 0 saturated heterocycles. The summed E-state index contributed by atoms with van der Waals surface area (Å²) in [6.07, 6.45) is 5.39. The second kappa shape index (κ2) is 6.58. The van der Waals surface area contributed by atoms with Crippen LogP contribution in [-0.4, -0.2) is 27.0 Å². The van der Waals surface area contributed by atoms with E-state index in [0.717, 1.165) is 54.0 Å². The third kappa shape index (κ3) is 3.62. The Morgan fingerprint density at radius 3 is 2.60 bits per heavy atom. The Bertz CT molecular complexity index is 450. The van der Waals surface area contributed by atoms with E-state index in [4.69, 9.17) is 0 Å². The van der Waals surface area contributed by atoms with Crippen molar-refractivity contribution in [1.82, 2.24) is 15.1 Å². The van der Waals surface area contributed by atoms with E-state index in [2.05, 4.69) is 33.3 Å². The van der Waals surface area contributed by atoms with Gasteiger partial charge in [-0.2, -0.15) is 5.10 Å². The van der Waals surface area contributed by atoms with Crippen LogP contribution in [0.5, 0.6) is 0 Å². The Labute approximate surface area is 130 Å². The van der Waals surface area contributed by atoms with Crippen molar-refractivity contribution in [3.05, 3.63) is 15.9 Å². The fourth-order valence-electron chi connectivity index (χ4n) is 3.09. The second-order valence-corrected chi connectivity index (χ2v) is 6.94. The lowest BCUT2D eigenvalue weighted by molar-refractivity contribution is -0.00892. The average Bonchev–Trinajstić information content (AvgIpc) is 2.66. The van der Waals surface area contributed by atoms with Crippen molar-refractivity contribution in [2.24, 2.45) is 13.0 Å². The maximum absolute atomic E-state index is 10.6. The van der Waals surface area contributed by atoms with E-state index in [1.54, 1.807) is 0 Å². The smallest absolute Gasteiger partial charge is 0.0771 e. The first-order valence-corrected chi connectivity index (χ1v) is 8.35. The molecule has 1 aliphatic carbocycles. The van der Waals surface area contributed by atoms with E-state index in [9.17, 15) is 5.11 Å². The van der Waals surface area contributed by atoms with E-state index in [-0.39, 0.29) is 0 Å². The molecule has 4 nitrogen and oxygen atoms in total. The van der Waals surface area contributed by atoms with Crippen LogP contribution >= 0.6 is 15.9 Å². The van der Waals surface area contributed by atoms with Crippen LogP contribution in [0.15, 0.2) is 4.47 Å². The van der Waals surface area contributed by atoms with Crippen LogP contribution < -0.4 is 5.32 Å². The number of aryl methyl sites for hydroxylation is 2. The first-order chi connectivity index (χ1) is 9.45. The maximum atomic E-state index is 10.6. The Kier molecular flexibility index (Phi) is 5.26. The normalized spacial score (nSPS) is 26.9. The summed E-state index contributed by atoms with van der Waals surface area (Å²) in [5.74, 6) is 0.809. The van der Waals surface area contributed by atoms with Crippen molar-refractivity contribution >= 4 is 15.9 Å². The molecular formula is C15H26BrN3O. The van der Waals surface area contributed by atoms with E-state index < -0.39 is 5.60 Å². The molecular weight excluding hydrogens is 318 g/mol. The summed E-state index contributed by atoms with van der Waals surface area (Å²) >= 11 is 3.57. The molecule has 20 heavy (non-hydrogen) atoms. The number of aliphatic hydroxyl groups is 1. The van der Waals surface area contributed by atoms with Gasteiger partial charge in [0.1, 0.15) is 0 Å². The van der Waals surface area contributed by atoms with Crippen LogP contribution in [0, 0.1) is 12.8 Å². The molecule has 0 aromatic carbocycles. The van der Waals surface area contributed by atoms with Crippen molar-refractivity contribution in [3.8, 4) is 0 Å². The first kappa shape index (κ1) is 16.0. The van der Waals surface area contributed by atoms with E-state index in [1.165, 1.54) is 6.42 Å². The number of nitrogens with one attached hydrogen (secondary N) is 1. The summed E-state index contributed by atoms with van der Waals surface area (Å²) in [6.45, 7) is 5.64. The first-order valence-electron chi connectivity index (χ1n) is 7.56. The summed E-state index contributed by atoms with van der Waals surface area (Å²) in [5, 5.41) is 18.4. The molecule has 1 fully saturated rings. The van der Waals surface area contributed by atoms with Gasteiger partial charge in [-0.25, -0.2) is 0 Å². The fourth-order valence-corrected chi connectivity index (χ4v) is 3.56. The summed E-state index contributed by atoms with van der Waals surface area (Å²) < 4.78 is 2.96. The number of halogens is 1. The molecule has 1 saturated carbocycles. The number of rotatable bonds is 5. The highest BCUT2D eigenvalue weighted by Crippen LogP contribution is 2.33. The summed E-state index contributed by atoms with van der Waals surface area (Å²) in [7, 11) is 1.95. The molecule has 0 atom stereocenters. The predicted molar refractivity (Wildman–Crippen MR) is 84.6 cm³/mol. The molecule has 0 unspecified atom stereocenters. The van der Waals surface area contributed by atoms with Gasteiger partial charge in [0.2, 0.25) is 0 Å². The molecule has 1 aromatic rings. The summed E-state index contributed by atoms with van der Waals surface area (Å²) in [4.78, 5) is 0. The minimum atomic E-state index is -0.522. The monoisotopic (exact) mass is 343 g/mol. The lowest BCUT2D eigenvalue weighted by Crippen LogP contribution is -2.43. The number of aromatic nitrogens is 2. The lowest BCUT2D eigenvalue weighted by Gasteiger charge is -2.36. The van der Waals surface area contributed by atoms with Gasteiger partial charge in [-0.15, -0.1) is 0 Å². The minimum absolute atomic E-state index is 0.522. The topological polar surface area (TPSA) is 50.1 Å². The van der Waals surface area contributed by atoms with Crippen molar-refractivity contribution in [2.75, 3.05) is 6.54 Å². The van der Waals surface area contributed by atoms with Gasteiger partial charge in [0.25, 0.3) is 0 Å².